The summed E-state index contributed by atoms with van der Waals surface area (Å²) in [5.41, 5.74) is 2.67. The summed E-state index contributed by atoms with van der Waals surface area (Å²) in [6, 6.07) is 6.26. The molecular formula is C26H34FN5O2. The fraction of sp³-hybridized carbons (Fsp3) is 0.538. The lowest BCUT2D eigenvalue weighted by Gasteiger charge is -2.27. The number of hydrogen-bond donors (Lipinski definition) is 0. The van der Waals surface area contributed by atoms with Crippen LogP contribution in [0.2, 0.25) is 0 Å². The van der Waals surface area contributed by atoms with Gasteiger partial charge >= 0.3 is 0 Å². The summed E-state index contributed by atoms with van der Waals surface area (Å²) in [6.07, 6.45) is 1.93. The molecule has 0 bridgehead atoms. The van der Waals surface area contributed by atoms with Crippen molar-refractivity contribution >= 4 is 17.5 Å². The van der Waals surface area contributed by atoms with Crippen molar-refractivity contribution in [1.29, 1.82) is 0 Å². The van der Waals surface area contributed by atoms with Crippen molar-refractivity contribution in [3.8, 4) is 0 Å². The van der Waals surface area contributed by atoms with Gasteiger partial charge in [0.15, 0.2) is 0 Å². The standard InChI is InChI=1S/C26H34FN5O2/c1-17(2)10-24(33)32(23-7-5-6-22(27)11-23)9-8-30-12-20-14-31(15-21(20)13-30)26(34)25-18(3)28-16-29-19(25)4/h5-7,11,16-17,20-21H,8-10,12-15H2,1-4H3. The molecule has 8 heteroatoms. The molecule has 2 unspecified atom stereocenters. The van der Waals surface area contributed by atoms with Gasteiger partial charge in [-0.3, -0.25) is 9.59 Å². The second-order valence-corrected chi connectivity index (χ2v) is 10.0. The molecule has 0 spiro atoms. The third-order valence-corrected chi connectivity index (χ3v) is 6.93. The Morgan fingerprint density at radius 2 is 1.74 bits per heavy atom. The Morgan fingerprint density at radius 1 is 1.09 bits per heavy atom. The van der Waals surface area contributed by atoms with Gasteiger partial charge in [-0.2, -0.15) is 0 Å². The minimum Gasteiger partial charge on any atom is -0.338 e. The molecule has 3 heterocycles. The number of hydrogen-bond acceptors (Lipinski definition) is 5. The molecule has 0 saturated carbocycles. The first-order chi connectivity index (χ1) is 16.2. The zero-order valence-electron chi connectivity index (χ0n) is 20.5. The Bertz CT molecular complexity index is 1020. The second kappa shape index (κ2) is 10.2. The summed E-state index contributed by atoms with van der Waals surface area (Å²) < 4.78 is 13.8. The van der Waals surface area contributed by atoms with E-state index in [-0.39, 0.29) is 23.5 Å². The van der Waals surface area contributed by atoms with Crippen molar-refractivity contribution in [3.63, 3.8) is 0 Å². The first-order valence-electron chi connectivity index (χ1n) is 12.1. The Kier molecular flexibility index (Phi) is 7.26. The van der Waals surface area contributed by atoms with Crippen LogP contribution >= 0.6 is 0 Å². The Hall–Kier alpha value is -2.87. The van der Waals surface area contributed by atoms with E-state index in [1.54, 1.807) is 17.0 Å². The quantitative estimate of drug-likeness (QED) is 0.625. The number of rotatable bonds is 7. The predicted molar refractivity (Wildman–Crippen MR) is 129 cm³/mol. The van der Waals surface area contributed by atoms with Gasteiger partial charge in [0, 0.05) is 51.4 Å². The molecule has 2 atom stereocenters. The Morgan fingerprint density at radius 3 is 2.32 bits per heavy atom. The highest BCUT2D eigenvalue weighted by molar-refractivity contribution is 5.96. The zero-order chi connectivity index (χ0) is 24.4. The average Bonchev–Trinajstić information content (AvgIpc) is 3.32. The van der Waals surface area contributed by atoms with Crippen molar-refractivity contribution in [1.82, 2.24) is 19.8 Å². The summed E-state index contributed by atoms with van der Waals surface area (Å²) in [5.74, 6) is 0.780. The van der Waals surface area contributed by atoms with Crippen LogP contribution < -0.4 is 4.90 Å². The van der Waals surface area contributed by atoms with Crippen molar-refractivity contribution in [2.45, 2.75) is 34.1 Å². The van der Waals surface area contributed by atoms with Crippen LogP contribution in [0.25, 0.3) is 0 Å². The molecule has 2 aliphatic heterocycles. The third kappa shape index (κ3) is 5.27. The molecule has 0 aliphatic carbocycles. The van der Waals surface area contributed by atoms with Gasteiger partial charge in [0.2, 0.25) is 5.91 Å². The number of benzene rings is 1. The zero-order valence-corrected chi connectivity index (χ0v) is 20.5. The largest absolute Gasteiger partial charge is 0.338 e. The van der Waals surface area contributed by atoms with E-state index in [0.717, 1.165) is 44.1 Å². The maximum absolute atomic E-state index is 13.8. The lowest BCUT2D eigenvalue weighted by atomic mass is 10.0. The normalized spacial score (nSPS) is 20.1. The van der Waals surface area contributed by atoms with Crippen LogP contribution in [0.4, 0.5) is 10.1 Å². The van der Waals surface area contributed by atoms with Crippen molar-refractivity contribution < 1.29 is 14.0 Å². The maximum Gasteiger partial charge on any atom is 0.257 e. The van der Waals surface area contributed by atoms with Crippen molar-refractivity contribution in [2.75, 3.05) is 44.2 Å². The van der Waals surface area contributed by atoms with Crippen LogP contribution in [0.3, 0.4) is 0 Å². The van der Waals surface area contributed by atoms with E-state index in [1.807, 2.05) is 32.6 Å². The molecule has 2 aliphatic rings. The SMILES string of the molecule is Cc1ncnc(C)c1C(=O)N1CC2CN(CCN(C(=O)CC(C)C)c3cccc(F)c3)CC2C1. The fourth-order valence-corrected chi connectivity index (χ4v) is 5.24. The van der Waals surface area contributed by atoms with Crippen LogP contribution in [-0.2, 0) is 4.79 Å². The molecule has 34 heavy (non-hydrogen) atoms. The molecule has 2 fully saturated rings. The molecule has 1 aromatic heterocycles. The number of amides is 2. The van der Waals surface area contributed by atoms with Crippen molar-refractivity contribution in [2.24, 2.45) is 17.8 Å². The molecule has 0 radical (unpaired) electrons. The molecule has 4 rings (SSSR count). The summed E-state index contributed by atoms with van der Waals surface area (Å²) in [4.78, 5) is 40.4. The summed E-state index contributed by atoms with van der Waals surface area (Å²) in [6.45, 7) is 12.2. The topological polar surface area (TPSA) is 69.6 Å². The highest BCUT2D eigenvalue weighted by atomic mass is 19.1. The van der Waals surface area contributed by atoms with E-state index in [1.165, 1.54) is 18.5 Å². The fourth-order valence-electron chi connectivity index (χ4n) is 5.24. The molecule has 1 aromatic carbocycles. The average molecular weight is 468 g/mol. The van der Waals surface area contributed by atoms with Crippen molar-refractivity contribution in [3.05, 3.63) is 53.4 Å². The number of nitrogens with zero attached hydrogens (tertiary/aromatic N) is 5. The van der Waals surface area contributed by atoms with Crippen LogP contribution in [0.15, 0.2) is 30.6 Å². The predicted octanol–water partition coefficient (Wildman–Crippen LogP) is 3.32. The van der Waals surface area contributed by atoms with Crippen LogP contribution in [0.5, 0.6) is 0 Å². The Labute approximate surface area is 201 Å². The van der Waals surface area contributed by atoms with Crippen LogP contribution in [-0.4, -0.2) is 70.9 Å². The minimum atomic E-state index is -0.338. The van der Waals surface area contributed by atoms with E-state index < -0.39 is 0 Å². The highest BCUT2D eigenvalue weighted by Crippen LogP contribution is 2.32. The number of likely N-dealkylation sites (tertiary alicyclic amines) is 2. The van der Waals surface area contributed by atoms with E-state index in [2.05, 4.69) is 14.9 Å². The summed E-state index contributed by atoms with van der Waals surface area (Å²) in [7, 11) is 0. The van der Waals surface area contributed by atoms with Gasteiger partial charge in [-0.25, -0.2) is 14.4 Å². The lowest BCUT2D eigenvalue weighted by Crippen LogP contribution is -2.40. The van der Waals surface area contributed by atoms with Gasteiger partial charge in [0.1, 0.15) is 12.1 Å². The molecule has 2 saturated heterocycles. The first kappa shape index (κ1) is 24.3. The summed E-state index contributed by atoms with van der Waals surface area (Å²) >= 11 is 0. The number of carbonyl (C=O) groups is 2. The highest BCUT2D eigenvalue weighted by Gasteiger charge is 2.42. The molecule has 0 N–H and O–H groups in total. The number of halogens is 1. The third-order valence-electron chi connectivity index (χ3n) is 6.93. The van der Waals surface area contributed by atoms with E-state index >= 15 is 0 Å². The van der Waals surface area contributed by atoms with Gasteiger partial charge in [0.05, 0.1) is 17.0 Å². The molecule has 2 amide bonds. The first-order valence-corrected chi connectivity index (χ1v) is 12.1. The number of anilines is 1. The molecule has 182 valence electrons. The number of aryl methyl sites for hydroxylation is 2. The van der Waals surface area contributed by atoms with Crippen LogP contribution in [0.1, 0.15) is 42.0 Å². The summed E-state index contributed by atoms with van der Waals surface area (Å²) in [5, 5.41) is 0. The molecule has 7 nitrogen and oxygen atoms in total. The van der Waals surface area contributed by atoms with Gasteiger partial charge in [0.25, 0.3) is 5.91 Å². The number of fused-ring (bicyclic) bond motifs is 1. The minimum absolute atomic E-state index is 0.0209. The van der Waals surface area contributed by atoms with E-state index in [0.29, 0.717) is 36.1 Å². The second-order valence-electron chi connectivity index (χ2n) is 10.0. The number of aromatic nitrogens is 2. The van der Waals surface area contributed by atoms with Gasteiger partial charge in [-0.15, -0.1) is 0 Å². The van der Waals surface area contributed by atoms with Crippen LogP contribution in [0, 0.1) is 37.4 Å². The maximum atomic E-state index is 13.8. The Balaban J connectivity index is 1.36. The molecular weight excluding hydrogens is 433 g/mol. The van der Waals surface area contributed by atoms with Gasteiger partial charge in [-0.1, -0.05) is 19.9 Å². The monoisotopic (exact) mass is 467 g/mol. The molecule has 2 aromatic rings. The van der Waals surface area contributed by atoms with E-state index in [9.17, 15) is 14.0 Å². The number of carbonyl (C=O) groups excluding carboxylic acids is 2. The van der Waals surface area contributed by atoms with Gasteiger partial charge < -0.3 is 14.7 Å². The smallest absolute Gasteiger partial charge is 0.257 e. The van der Waals surface area contributed by atoms with E-state index in [4.69, 9.17) is 0 Å². The van der Waals surface area contributed by atoms with Gasteiger partial charge in [-0.05, 0) is 49.8 Å². The lowest BCUT2D eigenvalue weighted by molar-refractivity contribution is -0.119.